The maximum absolute atomic E-state index is 12.7. The number of hydrogen-bond donors (Lipinski definition) is 0. The zero-order valence-electron chi connectivity index (χ0n) is 15.4. The first-order chi connectivity index (χ1) is 12.1. The number of hydrogen-bond acceptors (Lipinski definition) is 3. The van der Waals surface area contributed by atoms with Gasteiger partial charge >= 0.3 is 0 Å². The predicted octanol–water partition coefficient (Wildman–Crippen LogP) is 4.43. The van der Waals surface area contributed by atoms with E-state index in [0.717, 1.165) is 64.6 Å². The third kappa shape index (κ3) is 2.15. The summed E-state index contributed by atoms with van der Waals surface area (Å²) in [7, 11) is 0. The third-order valence-electron chi connectivity index (χ3n) is 8.26. The summed E-state index contributed by atoms with van der Waals surface area (Å²) in [6.07, 6.45) is 10.5. The van der Waals surface area contributed by atoms with Crippen LogP contribution in [0.25, 0.3) is 0 Å². The van der Waals surface area contributed by atoms with Gasteiger partial charge in [-0.2, -0.15) is 0 Å². The van der Waals surface area contributed by atoms with Crippen LogP contribution in [0.4, 0.5) is 0 Å². The molecule has 0 amide bonds. The molecule has 3 saturated carbocycles. The Morgan fingerprint density at radius 3 is 2.80 bits per heavy atom. The van der Waals surface area contributed by atoms with Crippen LogP contribution in [-0.4, -0.2) is 24.8 Å². The van der Waals surface area contributed by atoms with Crippen molar-refractivity contribution < 1.29 is 14.3 Å². The minimum absolute atomic E-state index is 0.0862. The van der Waals surface area contributed by atoms with Gasteiger partial charge in [0.05, 0.1) is 13.2 Å². The van der Waals surface area contributed by atoms with Crippen LogP contribution >= 0.6 is 0 Å². The Morgan fingerprint density at radius 2 is 2.04 bits per heavy atom. The quantitative estimate of drug-likeness (QED) is 0.661. The molecule has 5 atom stereocenters. The van der Waals surface area contributed by atoms with Gasteiger partial charge in [-0.3, -0.25) is 4.79 Å². The second kappa shape index (κ2) is 5.53. The highest BCUT2D eigenvalue weighted by Gasteiger charge is 2.59. The van der Waals surface area contributed by atoms with Gasteiger partial charge < -0.3 is 9.47 Å². The second-order valence-corrected chi connectivity index (χ2v) is 9.05. The lowest BCUT2D eigenvalue weighted by atomic mass is 9.50. The van der Waals surface area contributed by atoms with Crippen molar-refractivity contribution in [3.8, 4) is 0 Å². The van der Waals surface area contributed by atoms with E-state index in [4.69, 9.17) is 9.47 Å². The van der Waals surface area contributed by atoms with E-state index in [-0.39, 0.29) is 11.2 Å². The molecule has 0 aromatic carbocycles. The number of ketones is 1. The Morgan fingerprint density at radius 1 is 1.24 bits per heavy atom. The molecule has 0 unspecified atom stereocenters. The summed E-state index contributed by atoms with van der Waals surface area (Å²) in [5, 5.41) is 0. The molecule has 1 heterocycles. The van der Waals surface area contributed by atoms with Gasteiger partial charge in [-0.05, 0) is 55.8 Å². The molecule has 0 aromatic rings. The highest BCUT2D eigenvalue weighted by molar-refractivity contribution is 5.88. The van der Waals surface area contributed by atoms with Crippen LogP contribution in [0.1, 0.15) is 58.3 Å². The molecule has 3 nitrogen and oxygen atoms in total. The maximum atomic E-state index is 12.7. The molecule has 5 rings (SSSR count). The summed E-state index contributed by atoms with van der Waals surface area (Å²) in [4.78, 5) is 12.7. The van der Waals surface area contributed by atoms with E-state index in [1.807, 2.05) is 0 Å². The predicted molar refractivity (Wildman–Crippen MR) is 95.9 cm³/mol. The van der Waals surface area contributed by atoms with Gasteiger partial charge in [0.25, 0.3) is 0 Å². The van der Waals surface area contributed by atoms with Crippen LogP contribution < -0.4 is 0 Å². The number of Topliss-reactive ketones (excluding diaryl/α,β-unsaturated/α-hetero) is 1. The standard InChI is InChI=1S/C22H30O3/c1-3-21-12-14(2)20-16-8-9-22(24-10-11-25-22)13-15(16)4-5-17(20)18(21)6-7-19(21)23/h4,16-18,20H,2-3,5-13H2,1H3/t16-,17-,18-,20+,21-/m0/s1. The Kier molecular flexibility index (Phi) is 3.60. The number of carbonyl (C=O) groups excluding carboxylic acids is 1. The Bertz CT molecular complexity index is 642. The van der Waals surface area contributed by atoms with Crippen molar-refractivity contribution in [2.45, 2.75) is 64.1 Å². The molecule has 5 aliphatic rings. The fourth-order valence-corrected chi connectivity index (χ4v) is 7.18. The normalized spacial score (nSPS) is 45.1. The fraction of sp³-hybridized carbons (Fsp3) is 0.773. The smallest absolute Gasteiger partial charge is 0.172 e. The van der Waals surface area contributed by atoms with Gasteiger partial charge in [-0.15, -0.1) is 0 Å². The number of carbonyl (C=O) groups is 1. The van der Waals surface area contributed by atoms with Gasteiger partial charge in [-0.25, -0.2) is 0 Å². The van der Waals surface area contributed by atoms with Crippen LogP contribution in [0.3, 0.4) is 0 Å². The van der Waals surface area contributed by atoms with Crippen molar-refractivity contribution in [1.29, 1.82) is 0 Å². The Labute approximate surface area is 150 Å². The summed E-state index contributed by atoms with van der Waals surface area (Å²) >= 11 is 0. The molecule has 0 N–H and O–H groups in total. The van der Waals surface area contributed by atoms with Crippen molar-refractivity contribution in [2.75, 3.05) is 13.2 Å². The summed E-state index contributed by atoms with van der Waals surface area (Å²) in [5.41, 5.74) is 2.82. The highest BCUT2D eigenvalue weighted by Crippen LogP contribution is 2.63. The average Bonchev–Trinajstić information content (AvgIpc) is 3.20. The van der Waals surface area contributed by atoms with E-state index in [1.165, 1.54) is 5.57 Å². The lowest BCUT2D eigenvalue weighted by Gasteiger charge is -2.54. The zero-order valence-corrected chi connectivity index (χ0v) is 15.4. The van der Waals surface area contributed by atoms with E-state index in [1.54, 1.807) is 5.57 Å². The van der Waals surface area contributed by atoms with Crippen molar-refractivity contribution in [3.05, 3.63) is 23.8 Å². The third-order valence-corrected chi connectivity index (χ3v) is 8.26. The van der Waals surface area contributed by atoms with Crippen LogP contribution in [0, 0.1) is 29.1 Å². The molecule has 4 fully saturated rings. The molecule has 1 saturated heterocycles. The van der Waals surface area contributed by atoms with Gasteiger partial charge in [0.1, 0.15) is 5.78 Å². The largest absolute Gasteiger partial charge is 0.347 e. The highest BCUT2D eigenvalue weighted by atomic mass is 16.7. The summed E-state index contributed by atoms with van der Waals surface area (Å²) in [5.74, 6) is 2.57. The number of allylic oxidation sites excluding steroid dienone is 2. The molecule has 0 bridgehead atoms. The molecule has 1 spiro atoms. The number of fused-ring (bicyclic) bond motifs is 5. The molecule has 25 heavy (non-hydrogen) atoms. The maximum Gasteiger partial charge on any atom is 0.172 e. The fourth-order valence-electron chi connectivity index (χ4n) is 7.18. The summed E-state index contributed by atoms with van der Waals surface area (Å²) < 4.78 is 12.0. The van der Waals surface area contributed by atoms with Crippen LogP contribution in [0.5, 0.6) is 0 Å². The molecule has 0 aromatic heterocycles. The molecule has 136 valence electrons. The first-order valence-electron chi connectivity index (χ1n) is 10.3. The van der Waals surface area contributed by atoms with Crippen molar-refractivity contribution in [3.63, 3.8) is 0 Å². The van der Waals surface area contributed by atoms with Crippen LogP contribution in [-0.2, 0) is 14.3 Å². The Balaban J connectivity index is 1.47. The van der Waals surface area contributed by atoms with Gasteiger partial charge in [0, 0.05) is 24.7 Å². The van der Waals surface area contributed by atoms with E-state index in [2.05, 4.69) is 19.6 Å². The van der Waals surface area contributed by atoms with Crippen LogP contribution in [0.15, 0.2) is 23.8 Å². The van der Waals surface area contributed by atoms with Crippen molar-refractivity contribution in [2.24, 2.45) is 29.1 Å². The minimum Gasteiger partial charge on any atom is -0.347 e. The van der Waals surface area contributed by atoms with E-state index < -0.39 is 0 Å². The van der Waals surface area contributed by atoms with Crippen molar-refractivity contribution >= 4 is 5.78 Å². The monoisotopic (exact) mass is 342 g/mol. The number of ether oxygens (including phenoxy) is 2. The minimum atomic E-state index is -0.332. The van der Waals surface area contributed by atoms with E-state index in [0.29, 0.717) is 29.5 Å². The van der Waals surface area contributed by atoms with Crippen LogP contribution in [0.2, 0.25) is 0 Å². The average molecular weight is 342 g/mol. The molecule has 4 aliphatic carbocycles. The van der Waals surface area contributed by atoms with Crippen molar-refractivity contribution in [1.82, 2.24) is 0 Å². The zero-order chi connectivity index (χ0) is 17.2. The molecule has 0 radical (unpaired) electrons. The number of rotatable bonds is 1. The molecular weight excluding hydrogens is 312 g/mol. The lowest BCUT2D eigenvalue weighted by molar-refractivity contribution is -0.174. The topological polar surface area (TPSA) is 35.5 Å². The van der Waals surface area contributed by atoms with E-state index in [9.17, 15) is 4.79 Å². The summed E-state index contributed by atoms with van der Waals surface area (Å²) in [6, 6.07) is 0. The first-order valence-corrected chi connectivity index (χ1v) is 10.3. The summed E-state index contributed by atoms with van der Waals surface area (Å²) in [6.45, 7) is 8.21. The molecular formula is C22H30O3. The Hall–Kier alpha value is -0.930. The van der Waals surface area contributed by atoms with Gasteiger partial charge in [-0.1, -0.05) is 30.7 Å². The lowest BCUT2D eigenvalue weighted by Crippen LogP contribution is -2.49. The first kappa shape index (κ1) is 16.3. The molecule has 3 heteroatoms. The van der Waals surface area contributed by atoms with E-state index >= 15 is 0 Å². The second-order valence-electron chi connectivity index (χ2n) is 9.05. The molecule has 1 aliphatic heterocycles. The SMILES string of the molecule is C=C1C[C@]2(CC)C(=O)CC[C@H]2[C@@H]2CC=C3CC4(CC[C@@H]3[C@@H]12)OCCO4. The van der Waals surface area contributed by atoms with Gasteiger partial charge in [0.15, 0.2) is 5.79 Å². The van der Waals surface area contributed by atoms with Gasteiger partial charge in [0.2, 0.25) is 0 Å².